The minimum Gasteiger partial charge on any atom is -0.380 e. The molecule has 0 aromatic carbocycles. The van der Waals surface area contributed by atoms with Gasteiger partial charge in [-0.3, -0.25) is 0 Å². The Bertz CT molecular complexity index is 228. The lowest BCUT2D eigenvalue weighted by Crippen LogP contribution is -2.42. The number of rotatable bonds is 3. The largest absolute Gasteiger partial charge is 0.380 e. The van der Waals surface area contributed by atoms with Crippen LogP contribution in [0, 0.1) is 5.41 Å². The Balaban J connectivity index is 2.33. The predicted octanol–water partition coefficient (Wildman–Crippen LogP) is 0.716. The second kappa shape index (κ2) is 2.95. The van der Waals surface area contributed by atoms with Crippen LogP contribution in [0.25, 0.3) is 0 Å². The van der Waals surface area contributed by atoms with Gasteiger partial charge in [0.25, 0.3) is 0 Å². The van der Waals surface area contributed by atoms with Gasteiger partial charge in [0.15, 0.2) is 8.87 Å². The van der Waals surface area contributed by atoms with Crippen LogP contribution >= 0.6 is 10.8 Å². The molecule has 0 aromatic rings. The molecule has 1 saturated heterocycles. The fraction of sp³-hybridized carbons (Fsp3) is 1.00. The zero-order valence-corrected chi connectivity index (χ0v) is 8.30. The highest BCUT2D eigenvalue weighted by Gasteiger charge is 2.34. The summed E-state index contributed by atoms with van der Waals surface area (Å²) >= 11 is 0. The lowest BCUT2D eigenvalue weighted by Gasteiger charge is -2.37. The lowest BCUT2D eigenvalue weighted by molar-refractivity contribution is -0.0860. The first-order valence-corrected chi connectivity index (χ1v) is 6.73. The fourth-order valence-electron chi connectivity index (χ4n) is 0.783. The molecule has 1 heterocycles. The monoisotopic (exact) mass is 196 g/mol. The SMILES string of the molecule is CC1(CSS(C)(=O)=O)COC1. The van der Waals surface area contributed by atoms with E-state index in [-0.39, 0.29) is 5.41 Å². The van der Waals surface area contributed by atoms with Crippen LogP contribution in [0.3, 0.4) is 0 Å². The first kappa shape index (κ1) is 9.35. The number of hydrogen-bond donors (Lipinski definition) is 0. The molecule has 3 nitrogen and oxygen atoms in total. The van der Waals surface area contributed by atoms with Gasteiger partial charge in [-0.15, -0.1) is 0 Å². The second-order valence-electron chi connectivity index (χ2n) is 3.27. The van der Waals surface area contributed by atoms with Crippen molar-refractivity contribution in [3.05, 3.63) is 0 Å². The van der Waals surface area contributed by atoms with Crippen LogP contribution in [0.2, 0.25) is 0 Å². The standard InChI is InChI=1S/C6H12O3S2/c1-6(3-9-4-6)5-10-11(2,7)8/h3-5H2,1-2H3. The maximum Gasteiger partial charge on any atom is 0.198 e. The molecule has 11 heavy (non-hydrogen) atoms. The third-order valence-corrected chi connectivity index (χ3v) is 4.40. The summed E-state index contributed by atoms with van der Waals surface area (Å²) in [5.74, 6) is 0.645. The van der Waals surface area contributed by atoms with Crippen LogP contribution in [-0.4, -0.2) is 33.6 Å². The van der Waals surface area contributed by atoms with Crippen molar-refractivity contribution in [1.29, 1.82) is 0 Å². The van der Waals surface area contributed by atoms with Crippen LogP contribution < -0.4 is 0 Å². The Morgan fingerprint density at radius 2 is 2.09 bits per heavy atom. The summed E-state index contributed by atoms with van der Waals surface area (Å²) in [5, 5.41) is 0. The van der Waals surface area contributed by atoms with Crippen molar-refractivity contribution in [2.45, 2.75) is 6.92 Å². The molecule has 66 valence electrons. The quantitative estimate of drug-likeness (QED) is 0.624. The highest BCUT2D eigenvalue weighted by molar-refractivity contribution is 8.71. The summed E-state index contributed by atoms with van der Waals surface area (Å²) in [6, 6.07) is 0. The normalized spacial score (nSPS) is 22.7. The Kier molecular flexibility index (Phi) is 2.51. The lowest BCUT2D eigenvalue weighted by atomic mass is 9.92. The molecule has 0 unspecified atom stereocenters. The Morgan fingerprint density at radius 3 is 2.36 bits per heavy atom. The van der Waals surface area contributed by atoms with E-state index >= 15 is 0 Å². The third-order valence-electron chi connectivity index (χ3n) is 1.52. The summed E-state index contributed by atoms with van der Waals surface area (Å²) < 4.78 is 26.5. The van der Waals surface area contributed by atoms with E-state index in [1.807, 2.05) is 6.92 Å². The molecule has 0 amide bonds. The minimum absolute atomic E-state index is 0.0910. The molecule has 1 aliphatic rings. The van der Waals surface area contributed by atoms with Crippen molar-refractivity contribution in [3.63, 3.8) is 0 Å². The molecule has 1 rings (SSSR count). The molecule has 1 fully saturated rings. The molecular formula is C6H12O3S2. The zero-order chi connectivity index (χ0) is 8.54. The van der Waals surface area contributed by atoms with Crippen molar-refractivity contribution in [2.75, 3.05) is 25.2 Å². The van der Waals surface area contributed by atoms with E-state index in [0.717, 1.165) is 10.8 Å². The molecule has 0 aromatic heterocycles. The maximum absolute atomic E-state index is 10.7. The smallest absolute Gasteiger partial charge is 0.198 e. The minimum atomic E-state index is -2.87. The van der Waals surface area contributed by atoms with Crippen molar-refractivity contribution in [1.82, 2.24) is 0 Å². The van der Waals surface area contributed by atoms with Gasteiger partial charge >= 0.3 is 0 Å². The molecular weight excluding hydrogens is 184 g/mol. The van der Waals surface area contributed by atoms with Gasteiger partial charge in [0.05, 0.1) is 13.2 Å². The Hall–Kier alpha value is 0.260. The van der Waals surface area contributed by atoms with Crippen LogP contribution in [0.1, 0.15) is 6.92 Å². The Morgan fingerprint density at radius 1 is 1.55 bits per heavy atom. The van der Waals surface area contributed by atoms with Gasteiger partial charge in [0.2, 0.25) is 0 Å². The molecule has 0 N–H and O–H groups in total. The van der Waals surface area contributed by atoms with E-state index in [4.69, 9.17) is 4.74 Å². The molecule has 0 spiro atoms. The van der Waals surface area contributed by atoms with Gasteiger partial charge < -0.3 is 4.74 Å². The van der Waals surface area contributed by atoms with Crippen molar-refractivity contribution in [2.24, 2.45) is 5.41 Å². The molecule has 0 atom stereocenters. The summed E-state index contributed by atoms with van der Waals surface area (Å²) in [6.45, 7) is 3.42. The second-order valence-corrected chi connectivity index (χ2v) is 7.73. The van der Waals surface area contributed by atoms with E-state index in [1.165, 1.54) is 6.26 Å². The van der Waals surface area contributed by atoms with Gasteiger partial charge in [0, 0.05) is 17.4 Å². The van der Waals surface area contributed by atoms with Crippen LogP contribution in [0.5, 0.6) is 0 Å². The molecule has 1 aliphatic heterocycles. The van der Waals surface area contributed by atoms with Gasteiger partial charge in [-0.1, -0.05) is 6.92 Å². The number of ether oxygens (including phenoxy) is 1. The average Bonchev–Trinajstić information content (AvgIpc) is 1.77. The van der Waals surface area contributed by atoms with E-state index < -0.39 is 8.87 Å². The summed E-state index contributed by atoms with van der Waals surface area (Å²) in [6.07, 6.45) is 1.24. The molecule has 5 heteroatoms. The summed E-state index contributed by atoms with van der Waals surface area (Å²) in [7, 11) is -1.86. The van der Waals surface area contributed by atoms with E-state index in [9.17, 15) is 8.42 Å². The van der Waals surface area contributed by atoms with Gasteiger partial charge in [-0.25, -0.2) is 8.42 Å². The molecule has 0 saturated carbocycles. The van der Waals surface area contributed by atoms with Crippen LogP contribution in [-0.2, 0) is 13.6 Å². The van der Waals surface area contributed by atoms with Crippen molar-refractivity contribution in [3.8, 4) is 0 Å². The van der Waals surface area contributed by atoms with Gasteiger partial charge in [-0.2, -0.15) is 0 Å². The van der Waals surface area contributed by atoms with Crippen molar-refractivity contribution >= 4 is 19.7 Å². The van der Waals surface area contributed by atoms with Gasteiger partial charge in [-0.05, 0) is 10.8 Å². The first-order valence-electron chi connectivity index (χ1n) is 3.33. The Labute approximate surface area is 70.8 Å². The average molecular weight is 196 g/mol. The summed E-state index contributed by atoms with van der Waals surface area (Å²) in [5.41, 5.74) is 0.0910. The fourth-order valence-corrected chi connectivity index (χ4v) is 2.94. The van der Waals surface area contributed by atoms with Crippen LogP contribution in [0.4, 0.5) is 0 Å². The predicted molar refractivity (Wildman–Crippen MR) is 46.2 cm³/mol. The molecule has 0 bridgehead atoms. The third kappa shape index (κ3) is 3.01. The van der Waals surface area contributed by atoms with Gasteiger partial charge in [0.1, 0.15) is 0 Å². The van der Waals surface area contributed by atoms with E-state index in [1.54, 1.807) is 0 Å². The summed E-state index contributed by atoms with van der Waals surface area (Å²) in [4.78, 5) is 0. The molecule has 0 radical (unpaired) electrons. The highest BCUT2D eigenvalue weighted by atomic mass is 33.1. The van der Waals surface area contributed by atoms with E-state index in [2.05, 4.69) is 0 Å². The zero-order valence-electron chi connectivity index (χ0n) is 6.66. The highest BCUT2D eigenvalue weighted by Crippen LogP contribution is 2.32. The van der Waals surface area contributed by atoms with Crippen molar-refractivity contribution < 1.29 is 13.2 Å². The molecule has 0 aliphatic carbocycles. The van der Waals surface area contributed by atoms with Crippen LogP contribution in [0.15, 0.2) is 0 Å². The topological polar surface area (TPSA) is 43.4 Å². The number of hydrogen-bond acceptors (Lipinski definition) is 4. The van der Waals surface area contributed by atoms with E-state index in [0.29, 0.717) is 19.0 Å². The maximum atomic E-state index is 10.7. The first-order chi connectivity index (χ1) is 4.91.